The fourth-order valence-electron chi connectivity index (χ4n) is 2.01. The van der Waals surface area contributed by atoms with Gasteiger partial charge >= 0.3 is 11.9 Å². The van der Waals surface area contributed by atoms with Crippen LogP contribution < -0.4 is 5.32 Å². The molecule has 0 aromatic heterocycles. The molecule has 0 atom stereocenters. The van der Waals surface area contributed by atoms with E-state index >= 15 is 0 Å². The molecule has 1 N–H and O–H groups in total. The molecule has 2 aromatic carbocycles. The number of anilines is 1. The Hall–Kier alpha value is -3.02. The van der Waals surface area contributed by atoms with Crippen molar-refractivity contribution in [1.82, 2.24) is 0 Å². The predicted molar refractivity (Wildman–Crippen MR) is 103 cm³/mol. The molecule has 0 saturated heterocycles. The van der Waals surface area contributed by atoms with Gasteiger partial charge in [0.2, 0.25) is 0 Å². The summed E-state index contributed by atoms with van der Waals surface area (Å²) in [7, 11) is 1.11. The fourth-order valence-corrected chi connectivity index (χ4v) is 2.37. The van der Waals surface area contributed by atoms with Gasteiger partial charge in [0.25, 0.3) is 11.6 Å². The summed E-state index contributed by atoms with van der Waals surface area (Å²) in [4.78, 5) is 45.8. The van der Waals surface area contributed by atoms with Crippen molar-refractivity contribution >= 4 is 51.8 Å². The first-order valence-electron chi connectivity index (χ1n) is 7.40. The SMILES string of the molecule is COC(=O)c1cc(C(=O)OCC(=O)Nc2ccc(I)cc2)cc([N+](=O)[O-])c1. The van der Waals surface area contributed by atoms with E-state index in [0.29, 0.717) is 5.69 Å². The molecule has 9 nitrogen and oxygen atoms in total. The minimum absolute atomic E-state index is 0.179. The van der Waals surface area contributed by atoms with E-state index < -0.39 is 35.1 Å². The Morgan fingerprint density at radius 2 is 1.67 bits per heavy atom. The van der Waals surface area contributed by atoms with Gasteiger partial charge < -0.3 is 14.8 Å². The van der Waals surface area contributed by atoms with Gasteiger partial charge in [0, 0.05) is 21.4 Å². The van der Waals surface area contributed by atoms with E-state index in [1.807, 2.05) is 0 Å². The number of nitro benzene ring substituents is 1. The zero-order valence-electron chi connectivity index (χ0n) is 13.9. The number of nitro groups is 1. The van der Waals surface area contributed by atoms with E-state index in [-0.39, 0.29) is 11.1 Å². The van der Waals surface area contributed by atoms with Gasteiger partial charge in [-0.2, -0.15) is 0 Å². The Labute approximate surface area is 166 Å². The van der Waals surface area contributed by atoms with Gasteiger partial charge in [-0.25, -0.2) is 9.59 Å². The van der Waals surface area contributed by atoms with Crippen LogP contribution >= 0.6 is 22.6 Å². The Morgan fingerprint density at radius 3 is 2.22 bits per heavy atom. The maximum atomic E-state index is 12.1. The molecule has 140 valence electrons. The molecule has 0 aliphatic heterocycles. The second-order valence-corrected chi connectivity index (χ2v) is 6.39. The average molecular weight is 484 g/mol. The number of benzene rings is 2. The van der Waals surface area contributed by atoms with Crippen molar-refractivity contribution in [3.05, 3.63) is 67.3 Å². The second-order valence-electron chi connectivity index (χ2n) is 5.15. The first kappa shape index (κ1) is 20.3. The molecule has 0 saturated carbocycles. The highest BCUT2D eigenvalue weighted by atomic mass is 127. The predicted octanol–water partition coefficient (Wildman–Crippen LogP) is 2.78. The number of esters is 2. The number of hydrogen-bond donors (Lipinski definition) is 1. The third-order valence-electron chi connectivity index (χ3n) is 3.25. The number of carbonyl (C=O) groups is 3. The molecule has 0 aliphatic rings. The van der Waals surface area contributed by atoms with E-state index in [1.165, 1.54) is 0 Å². The van der Waals surface area contributed by atoms with Gasteiger partial charge in [-0.05, 0) is 52.9 Å². The molecule has 0 heterocycles. The summed E-state index contributed by atoms with van der Waals surface area (Å²) in [6.45, 7) is -0.596. The smallest absolute Gasteiger partial charge is 0.338 e. The van der Waals surface area contributed by atoms with Crippen LogP contribution in [-0.4, -0.2) is 36.5 Å². The van der Waals surface area contributed by atoms with Crippen molar-refractivity contribution in [1.29, 1.82) is 0 Å². The highest BCUT2D eigenvalue weighted by Crippen LogP contribution is 2.19. The molecule has 0 bridgehead atoms. The molecule has 0 fully saturated rings. The normalized spacial score (nSPS) is 10.0. The summed E-state index contributed by atoms with van der Waals surface area (Å²) in [5, 5.41) is 13.5. The first-order valence-corrected chi connectivity index (χ1v) is 8.48. The zero-order valence-corrected chi connectivity index (χ0v) is 16.1. The maximum Gasteiger partial charge on any atom is 0.338 e. The molecule has 10 heteroatoms. The van der Waals surface area contributed by atoms with Gasteiger partial charge in [-0.15, -0.1) is 0 Å². The van der Waals surface area contributed by atoms with Crippen molar-refractivity contribution < 1.29 is 28.8 Å². The third-order valence-corrected chi connectivity index (χ3v) is 3.97. The van der Waals surface area contributed by atoms with Crippen LogP contribution in [0.25, 0.3) is 0 Å². The summed E-state index contributed by atoms with van der Waals surface area (Å²) in [5.41, 5.74) is -0.373. The van der Waals surface area contributed by atoms with Gasteiger partial charge in [0.1, 0.15) is 0 Å². The number of carbonyl (C=O) groups excluding carboxylic acids is 3. The summed E-state index contributed by atoms with van der Waals surface area (Å²) in [6.07, 6.45) is 0. The van der Waals surface area contributed by atoms with Crippen LogP contribution in [0.3, 0.4) is 0 Å². The van der Waals surface area contributed by atoms with Crippen molar-refractivity contribution in [2.75, 3.05) is 19.0 Å². The largest absolute Gasteiger partial charge is 0.465 e. The van der Waals surface area contributed by atoms with Gasteiger partial charge in [-0.1, -0.05) is 0 Å². The van der Waals surface area contributed by atoms with Gasteiger partial charge in [-0.3, -0.25) is 14.9 Å². The first-order chi connectivity index (χ1) is 12.8. The molecule has 2 aromatic rings. The van der Waals surface area contributed by atoms with Gasteiger partial charge in [0.05, 0.1) is 23.2 Å². The number of non-ortho nitro benzene ring substituents is 1. The van der Waals surface area contributed by atoms with E-state index in [1.54, 1.807) is 24.3 Å². The molecular weight excluding hydrogens is 471 g/mol. The number of hydrogen-bond acceptors (Lipinski definition) is 7. The van der Waals surface area contributed by atoms with Crippen molar-refractivity contribution in [3.63, 3.8) is 0 Å². The summed E-state index contributed by atoms with van der Waals surface area (Å²) in [6, 6.07) is 9.98. The Morgan fingerprint density at radius 1 is 1.07 bits per heavy atom. The number of halogens is 1. The highest BCUT2D eigenvalue weighted by Gasteiger charge is 2.20. The van der Waals surface area contributed by atoms with Crippen LogP contribution in [0.15, 0.2) is 42.5 Å². The molecule has 27 heavy (non-hydrogen) atoms. The number of nitrogens with one attached hydrogen (secondary N) is 1. The van der Waals surface area contributed by atoms with Crippen LogP contribution in [0.5, 0.6) is 0 Å². The summed E-state index contributed by atoms with van der Waals surface area (Å²) in [5.74, 6) is -2.41. The molecule has 0 spiro atoms. The monoisotopic (exact) mass is 484 g/mol. The maximum absolute atomic E-state index is 12.1. The number of rotatable bonds is 6. The number of ether oxygens (including phenoxy) is 2. The highest BCUT2D eigenvalue weighted by molar-refractivity contribution is 14.1. The molecule has 2 rings (SSSR count). The van der Waals surface area contributed by atoms with Crippen molar-refractivity contribution in [2.45, 2.75) is 0 Å². The fraction of sp³-hybridized carbons (Fsp3) is 0.118. The minimum atomic E-state index is -0.985. The summed E-state index contributed by atoms with van der Waals surface area (Å²) >= 11 is 2.12. The van der Waals surface area contributed by atoms with E-state index in [0.717, 1.165) is 28.9 Å². The lowest BCUT2D eigenvalue weighted by Gasteiger charge is -2.08. The Balaban J connectivity index is 2.07. The van der Waals surface area contributed by atoms with E-state index in [9.17, 15) is 24.5 Å². The van der Waals surface area contributed by atoms with Crippen LogP contribution in [-0.2, 0) is 14.3 Å². The van der Waals surface area contributed by atoms with Gasteiger partial charge in [0.15, 0.2) is 6.61 Å². The van der Waals surface area contributed by atoms with Crippen LogP contribution in [0, 0.1) is 13.7 Å². The van der Waals surface area contributed by atoms with Crippen LogP contribution in [0.4, 0.5) is 11.4 Å². The number of methoxy groups -OCH3 is 1. The Bertz CT molecular complexity index is 897. The van der Waals surface area contributed by atoms with E-state index in [4.69, 9.17) is 4.74 Å². The Kier molecular flexibility index (Phi) is 6.82. The molecule has 1 amide bonds. The van der Waals surface area contributed by atoms with E-state index in [2.05, 4.69) is 32.6 Å². The lowest BCUT2D eigenvalue weighted by atomic mass is 10.1. The molecule has 0 aliphatic carbocycles. The lowest BCUT2D eigenvalue weighted by molar-refractivity contribution is -0.384. The van der Waals surface area contributed by atoms with Crippen LogP contribution in [0.1, 0.15) is 20.7 Å². The van der Waals surface area contributed by atoms with Crippen LogP contribution in [0.2, 0.25) is 0 Å². The van der Waals surface area contributed by atoms with Crippen molar-refractivity contribution in [3.8, 4) is 0 Å². The quantitative estimate of drug-likeness (QED) is 0.289. The number of nitrogens with zero attached hydrogens (tertiary/aromatic N) is 1. The molecule has 0 unspecified atom stereocenters. The molecule has 0 radical (unpaired) electrons. The lowest BCUT2D eigenvalue weighted by Crippen LogP contribution is -2.21. The zero-order chi connectivity index (χ0) is 20.0. The topological polar surface area (TPSA) is 125 Å². The summed E-state index contributed by atoms with van der Waals surface area (Å²) < 4.78 is 10.4. The standard InChI is InChI=1S/C17H13IN2O7/c1-26-16(22)10-6-11(8-14(7-10)20(24)25)17(23)27-9-15(21)19-13-4-2-12(18)3-5-13/h2-8H,9H2,1H3,(H,19,21). The second kappa shape index (κ2) is 9.07. The van der Waals surface area contributed by atoms with Crippen molar-refractivity contribution in [2.24, 2.45) is 0 Å². The minimum Gasteiger partial charge on any atom is -0.465 e. The molecular formula is C17H13IN2O7. The third kappa shape index (κ3) is 5.74. The average Bonchev–Trinajstić information content (AvgIpc) is 2.66. The number of amides is 1.